The SMILES string of the molecule is C[C@H](NC(=O)c1ccccc1)C(=O)OCC(=O)Nc1ccc(F)cc1F. The first-order chi connectivity index (χ1) is 12.4. The average molecular weight is 362 g/mol. The average Bonchev–Trinajstić information content (AvgIpc) is 2.62. The molecule has 2 aromatic carbocycles. The van der Waals surface area contributed by atoms with Gasteiger partial charge in [0.2, 0.25) is 0 Å². The zero-order valence-corrected chi connectivity index (χ0v) is 13.8. The molecule has 0 fully saturated rings. The molecule has 0 bridgehead atoms. The first-order valence-corrected chi connectivity index (χ1v) is 7.64. The van der Waals surface area contributed by atoms with Crippen molar-refractivity contribution in [3.63, 3.8) is 0 Å². The number of nitrogens with one attached hydrogen (secondary N) is 2. The lowest BCUT2D eigenvalue weighted by molar-refractivity contribution is -0.148. The minimum Gasteiger partial charge on any atom is -0.454 e. The Bertz CT molecular complexity index is 812. The van der Waals surface area contributed by atoms with Crippen LogP contribution in [0.25, 0.3) is 0 Å². The predicted octanol–water partition coefficient (Wildman–Crippen LogP) is 2.27. The summed E-state index contributed by atoms with van der Waals surface area (Å²) in [5.74, 6) is -3.83. The number of rotatable bonds is 6. The highest BCUT2D eigenvalue weighted by Crippen LogP contribution is 2.14. The normalized spacial score (nSPS) is 11.3. The Morgan fingerprint density at radius 2 is 1.77 bits per heavy atom. The summed E-state index contributed by atoms with van der Waals surface area (Å²) < 4.78 is 31.0. The van der Waals surface area contributed by atoms with Crippen molar-refractivity contribution in [1.29, 1.82) is 0 Å². The van der Waals surface area contributed by atoms with E-state index < -0.39 is 42.1 Å². The summed E-state index contributed by atoms with van der Waals surface area (Å²) in [5, 5.41) is 4.59. The molecule has 2 aromatic rings. The Kier molecular flexibility index (Phi) is 6.37. The molecule has 0 heterocycles. The van der Waals surface area contributed by atoms with E-state index in [9.17, 15) is 23.2 Å². The molecule has 0 aliphatic carbocycles. The zero-order valence-electron chi connectivity index (χ0n) is 13.8. The molecule has 2 N–H and O–H groups in total. The van der Waals surface area contributed by atoms with Crippen molar-refractivity contribution in [3.05, 3.63) is 65.7 Å². The molecule has 6 nitrogen and oxygen atoms in total. The van der Waals surface area contributed by atoms with Gasteiger partial charge in [-0.3, -0.25) is 9.59 Å². The molecule has 0 aromatic heterocycles. The van der Waals surface area contributed by atoms with Gasteiger partial charge >= 0.3 is 5.97 Å². The summed E-state index contributed by atoms with van der Waals surface area (Å²) in [6, 6.07) is 9.92. The van der Waals surface area contributed by atoms with Crippen LogP contribution in [-0.2, 0) is 14.3 Å². The van der Waals surface area contributed by atoms with Gasteiger partial charge < -0.3 is 15.4 Å². The Morgan fingerprint density at radius 3 is 2.42 bits per heavy atom. The molecule has 0 spiro atoms. The lowest BCUT2D eigenvalue weighted by Gasteiger charge is -2.13. The maximum absolute atomic E-state index is 13.4. The first kappa shape index (κ1) is 19.0. The Hall–Kier alpha value is -3.29. The fourth-order valence-electron chi connectivity index (χ4n) is 1.97. The standard InChI is InChI=1S/C18H16F2N2O4/c1-11(21-17(24)12-5-3-2-4-6-12)18(25)26-10-16(23)22-15-8-7-13(19)9-14(15)20/h2-9,11H,10H2,1H3,(H,21,24)(H,22,23)/t11-/m0/s1. The highest BCUT2D eigenvalue weighted by atomic mass is 19.1. The Balaban J connectivity index is 1.81. The van der Waals surface area contributed by atoms with Crippen LogP contribution >= 0.6 is 0 Å². The highest BCUT2D eigenvalue weighted by molar-refractivity contribution is 5.97. The number of ether oxygens (including phenoxy) is 1. The number of esters is 1. The van der Waals surface area contributed by atoms with E-state index in [0.29, 0.717) is 11.6 Å². The predicted molar refractivity (Wildman–Crippen MR) is 89.3 cm³/mol. The molecule has 0 saturated carbocycles. The summed E-state index contributed by atoms with van der Waals surface area (Å²) in [7, 11) is 0. The van der Waals surface area contributed by atoms with Gasteiger partial charge in [-0.15, -0.1) is 0 Å². The van der Waals surface area contributed by atoms with Crippen molar-refractivity contribution < 1.29 is 27.9 Å². The number of hydrogen-bond donors (Lipinski definition) is 2. The molecule has 0 unspecified atom stereocenters. The summed E-state index contributed by atoms with van der Waals surface area (Å²) in [5.41, 5.74) is 0.134. The second kappa shape index (κ2) is 8.70. The van der Waals surface area contributed by atoms with Crippen LogP contribution in [0, 0.1) is 11.6 Å². The number of carbonyl (C=O) groups is 3. The molecule has 2 amide bonds. The van der Waals surface area contributed by atoms with E-state index in [1.54, 1.807) is 30.3 Å². The van der Waals surface area contributed by atoms with Crippen LogP contribution in [0.4, 0.5) is 14.5 Å². The number of anilines is 1. The van der Waals surface area contributed by atoms with E-state index in [-0.39, 0.29) is 5.69 Å². The summed E-state index contributed by atoms with van der Waals surface area (Å²) >= 11 is 0. The topological polar surface area (TPSA) is 84.5 Å². The third kappa shape index (κ3) is 5.37. The van der Waals surface area contributed by atoms with Gasteiger partial charge in [0.15, 0.2) is 6.61 Å². The fraction of sp³-hybridized carbons (Fsp3) is 0.167. The molecular weight excluding hydrogens is 346 g/mol. The molecule has 136 valence electrons. The molecule has 8 heteroatoms. The Morgan fingerprint density at radius 1 is 1.08 bits per heavy atom. The lowest BCUT2D eigenvalue weighted by atomic mass is 10.2. The van der Waals surface area contributed by atoms with Gasteiger partial charge in [-0.1, -0.05) is 18.2 Å². The van der Waals surface area contributed by atoms with E-state index in [4.69, 9.17) is 4.74 Å². The quantitative estimate of drug-likeness (QED) is 0.772. The lowest BCUT2D eigenvalue weighted by Crippen LogP contribution is -2.40. The molecular formula is C18H16F2N2O4. The van der Waals surface area contributed by atoms with Crippen LogP contribution in [-0.4, -0.2) is 30.4 Å². The van der Waals surface area contributed by atoms with Crippen molar-refractivity contribution in [1.82, 2.24) is 5.32 Å². The third-order valence-electron chi connectivity index (χ3n) is 3.29. The number of halogens is 2. The fourth-order valence-corrected chi connectivity index (χ4v) is 1.97. The van der Waals surface area contributed by atoms with Crippen LogP contribution in [0.15, 0.2) is 48.5 Å². The molecule has 2 rings (SSSR count). The number of benzene rings is 2. The van der Waals surface area contributed by atoms with Gasteiger partial charge in [0.1, 0.15) is 17.7 Å². The van der Waals surface area contributed by atoms with Gasteiger partial charge in [0.25, 0.3) is 11.8 Å². The van der Waals surface area contributed by atoms with Crippen LogP contribution in [0.3, 0.4) is 0 Å². The third-order valence-corrected chi connectivity index (χ3v) is 3.29. The number of hydrogen-bond acceptors (Lipinski definition) is 4. The largest absolute Gasteiger partial charge is 0.454 e. The van der Waals surface area contributed by atoms with Crippen LogP contribution in [0.5, 0.6) is 0 Å². The minimum atomic E-state index is -0.988. The monoisotopic (exact) mass is 362 g/mol. The van der Waals surface area contributed by atoms with Crippen molar-refractivity contribution in [2.75, 3.05) is 11.9 Å². The maximum atomic E-state index is 13.4. The van der Waals surface area contributed by atoms with Crippen molar-refractivity contribution in [2.24, 2.45) is 0 Å². The number of amides is 2. The second-order valence-corrected chi connectivity index (χ2v) is 5.34. The molecule has 0 saturated heterocycles. The molecule has 0 aliphatic rings. The van der Waals surface area contributed by atoms with E-state index in [1.807, 2.05) is 0 Å². The van der Waals surface area contributed by atoms with Gasteiger partial charge in [-0.05, 0) is 31.2 Å². The van der Waals surface area contributed by atoms with E-state index in [0.717, 1.165) is 12.1 Å². The molecule has 1 atom stereocenters. The minimum absolute atomic E-state index is 0.238. The van der Waals surface area contributed by atoms with Crippen molar-refractivity contribution in [3.8, 4) is 0 Å². The highest BCUT2D eigenvalue weighted by Gasteiger charge is 2.19. The molecule has 26 heavy (non-hydrogen) atoms. The number of carbonyl (C=O) groups excluding carboxylic acids is 3. The van der Waals surface area contributed by atoms with E-state index in [1.165, 1.54) is 6.92 Å². The Labute approximate surface area is 148 Å². The smallest absolute Gasteiger partial charge is 0.328 e. The van der Waals surface area contributed by atoms with E-state index in [2.05, 4.69) is 10.6 Å². The van der Waals surface area contributed by atoms with Gasteiger partial charge in [-0.25, -0.2) is 13.6 Å². The zero-order chi connectivity index (χ0) is 19.1. The van der Waals surface area contributed by atoms with Crippen molar-refractivity contribution in [2.45, 2.75) is 13.0 Å². The second-order valence-electron chi connectivity index (χ2n) is 5.34. The summed E-state index contributed by atoms with van der Waals surface area (Å²) in [4.78, 5) is 35.5. The van der Waals surface area contributed by atoms with Crippen LogP contribution in [0.1, 0.15) is 17.3 Å². The van der Waals surface area contributed by atoms with Crippen LogP contribution < -0.4 is 10.6 Å². The van der Waals surface area contributed by atoms with Crippen LogP contribution in [0.2, 0.25) is 0 Å². The summed E-state index contributed by atoms with van der Waals surface area (Å²) in [6.07, 6.45) is 0. The van der Waals surface area contributed by atoms with Crippen molar-refractivity contribution >= 4 is 23.5 Å². The van der Waals surface area contributed by atoms with Gasteiger partial charge in [0.05, 0.1) is 5.69 Å². The van der Waals surface area contributed by atoms with E-state index >= 15 is 0 Å². The van der Waals surface area contributed by atoms with Gasteiger partial charge in [0, 0.05) is 11.6 Å². The molecule has 0 aliphatic heterocycles. The van der Waals surface area contributed by atoms with Gasteiger partial charge in [-0.2, -0.15) is 0 Å². The molecule has 0 radical (unpaired) electrons. The first-order valence-electron chi connectivity index (χ1n) is 7.64. The summed E-state index contributed by atoms with van der Waals surface area (Å²) in [6.45, 7) is 0.724. The maximum Gasteiger partial charge on any atom is 0.328 e.